The lowest BCUT2D eigenvalue weighted by molar-refractivity contribution is -0.0177. The monoisotopic (exact) mass is 200 g/mol. The van der Waals surface area contributed by atoms with Crippen molar-refractivity contribution >= 4 is 0 Å². The summed E-state index contributed by atoms with van der Waals surface area (Å²) in [5, 5.41) is 19.0. The van der Waals surface area contributed by atoms with Gasteiger partial charge in [-0.2, -0.15) is 0 Å². The van der Waals surface area contributed by atoms with Gasteiger partial charge in [0.25, 0.3) is 0 Å². The zero-order chi connectivity index (χ0) is 10.4. The molecule has 2 heteroatoms. The van der Waals surface area contributed by atoms with E-state index in [1.165, 1.54) is 32.1 Å². The summed E-state index contributed by atoms with van der Waals surface area (Å²) in [6.07, 6.45) is 8.28. The van der Waals surface area contributed by atoms with E-state index in [-0.39, 0.29) is 18.6 Å². The van der Waals surface area contributed by atoms with Gasteiger partial charge >= 0.3 is 0 Å². The van der Waals surface area contributed by atoms with Crippen LogP contribution in [0.5, 0.6) is 0 Å². The number of hydrogen-bond donors (Lipinski definition) is 2. The molecule has 0 heterocycles. The first-order valence-corrected chi connectivity index (χ1v) is 6.01. The van der Waals surface area contributed by atoms with Gasteiger partial charge in [-0.1, -0.05) is 32.6 Å². The summed E-state index contributed by atoms with van der Waals surface area (Å²) < 4.78 is 0. The molecule has 2 nitrogen and oxygen atoms in total. The first kappa shape index (κ1) is 12.0. The summed E-state index contributed by atoms with van der Waals surface area (Å²) in [5.74, 6) is 0.547. The van der Waals surface area contributed by atoms with Crippen LogP contribution in [0.15, 0.2) is 0 Å². The van der Waals surface area contributed by atoms with Crippen molar-refractivity contribution in [3.8, 4) is 0 Å². The minimum absolute atomic E-state index is 0.155. The summed E-state index contributed by atoms with van der Waals surface area (Å²) in [6.45, 7) is 2.44. The van der Waals surface area contributed by atoms with E-state index in [2.05, 4.69) is 6.92 Å². The smallest absolute Gasteiger partial charge is 0.0512 e. The molecule has 14 heavy (non-hydrogen) atoms. The fourth-order valence-electron chi connectivity index (χ4n) is 2.88. The van der Waals surface area contributed by atoms with E-state index < -0.39 is 0 Å². The molecule has 0 aliphatic heterocycles. The van der Waals surface area contributed by atoms with Gasteiger partial charge in [0.05, 0.1) is 13.2 Å². The van der Waals surface area contributed by atoms with Crippen LogP contribution in [0.3, 0.4) is 0 Å². The number of rotatable bonds is 5. The zero-order valence-electron chi connectivity index (χ0n) is 9.34. The summed E-state index contributed by atoms with van der Waals surface area (Å²) >= 11 is 0. The Morgan fingerprint density at radius 3 is 2.07 bits per heavy atom. The third-order valence-electron chi connectivity index (χ3n) is 3.85. The highest BCUT2D eigenvalue weighted by Gasteiger charge is 2.37. The van der Waals surface area contributed by atoms with E-state index in [1.807, 2.05) is 0 Å². The van der Waals surface area contributed by atoms with Gasteiger partial charge in [-0.25, -0.2) is 0 Å². The number of aliphatic hydroxyl groups is 2. The standard InChI is InChI=1S/C12H24O2/c1-2-8-12(9-13,10-14)11-6-4-3-5-7-11/h11,13-14H,2-10H2,1H3. The molecule has 0 atom stereocenters. The SMILES string of the molecule is CCCC(CO)(CO)C1CCCCC1. The van der Waals surface area contributed by atoms with Crippen LogP contribution in [-0.2, 0) is 0 Å². The first-order valence-electron chi connectivity index (χ1n) is 6.01. The number of aliphatic hydroxyl groups excluding tert-OH is 2. The largest absolute Gasteiger partial charge is 0.396 e. The molecule has 1 fully saturated rings. The maximum Gasteiger partial charge on any atom is 0.0512 e. The summed E-state index contributed by atoms with van der Waals surface area (Å²) in [5.41, 5.74) is -0.185. The predicted octanol–water partition coefficient (Wildman–Crippen LogP) is 2.34. The first-order chi connectivity index (χ1) is 6.79. The third-order valence-corrected chi connectivity index (χ3v) is 3.85. The molecule has 2 N–H and O–H groups in total. The molecule has 1 saturated carbocycles. The quantitative estimate of drug-likeness (QED) is 0.715. The Balaban J connectivity index is 2.62. The highest BCUT2D eigenvalue weighted by atomic mass is 16.3. The molecule has 0 bridgehead atoms. The fourth-order valence-corrected chi connectivity index (χ4v) is 2.88. The Hall–Kier alpha value is -0.0800. The molecule has 1 aliphatic carbocycles. The lowest BCUT2D eigenvalue weighted by Gasteiger charge is -2.40. The second-order valence-corrected chi connectivity index (χ2v) is 4.76. The fraction of sp³-hybridized carbons (Fsp3) is 1.00. The molecule has 1 rings (SSSR count). The van der Waals surface area contributed by atoms with Crippen molar-refractivity contribution in [3.05, 3.63) is 0 Å². The van der Waals surface area contributed by atoms with Crippen molar-refractivity contribution < 1.29 is 10.2 Å². The van der Waals surface area contributed by atoms with E-state index in [9.17, 15) is 10.2 Å². The van der Waals surface area contributed by atoms with Crippen LogP contribution in [0.4, 0.5) is 0 Å². The van der Waals surface area contributed by atoms with Crippen molar-refractivity contribution in [2.45, 2.75) is 51.9 Å². The van der Waals surface area contributed by atoms with Crippen LogP contribution >= 0.6 is 0 Å². The normalized spacial score (nSPS) is 19.9. The van der Waals surface area contributed by atoms with Crippen molar-refractivity contribution in [3.63, 3.8) is 0 Å². The summed E-state index contributed by atoms with van der Waals surface area (Å²) in [7, 11) is 0. The molecule has 0 radical (unpaired) electrons. The van der Waals surface area contributed by atoms with E-state index >= 15 is 0 Å². The van der Waals surface area contributed by atoms with Gasteiger partial charge in [-0.3, -0.25) is 0 Å². The van der Waals surface area contributed by atoms with E-state index in [4.69, 9.17) is 0 Å². The van der Waals surface area contributed by atoms with Crippen LogP contribution in [-0.4, -0.2) is 23.4 Å². The van der Waals surface area contributed by atoms with Gasteiger partial charge < -0.3 is 10.2 Å². The van der Waals surface area contributed by atoms with Crippen LogP contribution in [0.25, 0.3) is 0 Å². The Morgan fingerprint density at radius 2 is 1.64 bits per heavy atom. The van der Waals surface area contributed by atoms with Gasteiger partial charge in [-0.05, 0) is 25.2 Å². The van der Waals surface area contributed by atoms with Gasteiger partial charge in [-0.15, -0.1) is 0 Å². The molecule has 0 amide bonds. The summed E-state index contributed by atoms with van der Waals surface area (Å²) in [6, 6.07) is 0. The molecule has 1 aliphatic rings. The molecule has 0 saturated heterocycles. The highest BCUT2D eigenvalue weighted by molar-refractivity contribution is 4.87. The molecule has 0 spiro atoms. The topological polar surface area (TPSA) is 40.5 Å². The van der Waals surface area contributed by atoms with Gasteiger partial charge in [0.2, 0.25) is 0 Å². The molecule has 0 unspecified atom stereocenters. The highest BCUT2D eigenvalue weighted by Crippen LogP contribution is 2.41. The van der Waals surface area contributed by atoms with Gasteiger partial charge in [0.1, 0.15) is 0 Å². The van der Waals surface area contributed by atoms with Crippen LogP contribution in [0.2, 0.25) is 0 Å². The van der Waals surface area contributed by atoms with E-state index in [1.54, 1.807) is 0 Å². The molecular formula is C12H24O2. The average molecular weight is 200 g/mol. The summed E-state index contributed by atoms with van der Waals surface area (Å²) in [4.78, 5) is 0. The third kappa shape index (κ3) is 2.48. The average Bonchev–Trinajstić information content (AvgIpc) is 2.27. The van der Waals surface area contributed by atoms with E-state index in [0.717, 1.165) is 12.8 Å². The lowest BCUT2D eigenvalue weighted by Crippen LogP contribution is -2.39. The van der Waals surface area contributed by atoms with Crippen molar-refractivity contribution in [2.75, 3.05) is 13.2 Å². The lowest BCUT2D eigenvalue weighted by atomic mass is 9.67. The van der Waals surface area contributed by atoms with Gasteiger partial charge in [0, 0.05) is 5.41 Å². The maximum atomic E-state index is 9.50. The van der Waals surface area contributed by atoms with E-state index in [0.29, 0.717) is 5.92 Å². The van der Waals surface area contributed by atoms with Crippen LogP contribution in [0, 0.1) is 11.3 Å². The minimum Gasteiger partial charge on any atom is -0.396 e. The Kier molecular flexibility index (Phi) is 4.90. The number of hydrogen-bond acceptors (Lipinski definition) is 2. The predicted molar refractivity (Wildman–Crippen MR) is 58.1 cm³/mol. The molecular weight excluding hydrogens is 176 g/mol. The van der Waals surface area contributed by atoms with Gasteiger partial charge in [0.15, 0.2) is 0 Å². The second kappa shape index (κ2) is 5.72. The Bertz CT molecular complexity index is 146. The second-order valence-electron chi connectivity index (χ2n) is 4.76. The Labute approximate surface area is 87.3 Å². The van der Waals surface area contributed by atoms with Crippen molar-refractivity contribution in [2.24, 2.45) is 11.3 Å². The Morgan fingerprint density at radius 1 is 1.07 bits per heavy atom. The van der Waals surface area contributed by atoms with Crippen molar-refractivity contribution in [1.82, 2.24) is 0 Å². The van der Waals surface area contributed by atoms with Crippen LogP contribution < -0.4 is 0 Å². The van der Waals surface area contributed by atoms with Crippen LogP contribution in [0.1, 0.15) is 51.9 Å². The molecule has 0 aromatic heterocycles. The molecule has 0 aromatic rings. The van der Waals surface area contributed by atoms with Crippen molar-refractivity contribution in [1.29, 1.82) is 0 Å². The zero-order valence-corrected chi connectivity index (χ0v) is 9.34. The minimum atomic E-state index is -0.185. The maximum absolute atomic E-state index is 9.50. The molecule has 0 aromatic carbocycles. The molecule has 84 valence electrons.